The van der Waals surface area contributed by atoms with Gasteiger partial charge in [-0.1, -0.05) is 28.9 Å². The van der Waals surface area contributed by atoms with E-state index in [1.807, 2.05) is 12.1 Å². The SMILES string of the molecule is CC(C)(C)OC(=O)Nc1nnc(C#Cc2ccc(Cl)cc2)s1. The quantitative estimate of drug-likeness (QED) is 0.802. The van der Waals surface area contributed by atoms with Crippen LogP contribution in [0.5, 0.6) is 0 Å². The van der Waals surface area contributed by atoms with Crippen LogP contribution in [0.1, 0.15) is 31.3 Å². The van der Waals surface area contributed by atoms with Gasteiger partial charge in [-0.25, -0.2) is 4.79 Å². The lowest BCUT2D eigenvalue weighted by Crippen LogP contribution is -2.27. The molecule has 1 N–H and O–H groups in total. The number of ether oxygens (including phenoxy) is 1. The maximum Gasteiger partial charge on any atom is 0.414 e. The van der Waals surface area contributed by atoms with Crippen molar-refractivity contribution in [2.45, 2.75) is 26.4 Å². The second kappa shape index (κ2) is 6.77. The summed E-state index contributed by atoms with van der Waals surface area (Å²) in [5.74, 6) is 5.83. The zero-order chi connectivity index (χ0) is 16.2. The highest BCUT2D eigenvalue weighted by Gasteiger charge is 2.17. The molecule has 22 heavy (non-hydrogen) atoms. The van der Waals surface area contributed by atoms with Gasteiger partial charge < -0.3 is 4.74 Å². The van der Waals surface area contributed by atoms with Crippen LogP contribution >= 0.6 is 22.9 Å². The number of amides is 1. The molecule has 1 aromatic carbocycles. The second-order valence-electron chi connectivity index (χ2n) is 5.30. The molecule has 1 amide bonds. The van der Waals surface area contributed by atoms with Crippen LogP contribution in [0.3, 0.4) is 0 Å². The van der Waals surface area contributed by atoms with Crippen LogP contribution in [-0.4, -0.2) is 21.9 Å². The standard InChI is InChI=1S/C15H14ClN3O2S/c1-15(2,3)21-14(20)17-13-19-18-12(22-13)9-6-10-4-7-11(16)8-5-10/h4-5,7-8H,1-3H3,(H,17,19,20). The molecule has 0 aliphatic rings. The number of benzene rings is 1. The molecule has 1 heterocycles. The van der Waals surface area contributed by atoms with Crippen molar-refractivity contribution in [3.63, 3.8) is 0 Å². The van der Waals surface area contributed by atoms with E-state index in [9.17, 15) is 4.79 Å². The Hall–Kier alpha value is -2.10. The zero-order valence-corrected chi connectivity index (χ0v) is 13.9. The van der Waals surface area contributed by atoms with Crippen molar-refractivity contribution in [1.82, 2.24) is 10.2 Å². The molecule has 2 rings (SSSR count). The fraction of sp³-hybridized carbons (Fsp3) is 0.267. The van der Waals surface area contributed by atoms with Crippen LogP contribution in [0.4, 0.5) is 9.93 Å². The number of anilines is 1. The van der Waals surface area contributed by atoms with Gasteiger partial charge in [0.2, 0.25) is 5.13 Å². The topological polar surface area (TPSA) is 64.1 Å². The summed E-state index contributed by atoms with van der Waals surface area (Å²) < 4.78 is 5.13. The lowest BCUT2D eigenvalue weighted by Gasteiger charge is -2.18. The van der Waals surface area contributed by atoms with Crippen molar-refractivity contribution in [2.75, 3.05) is 5.32 Å². The summed E-state index contributed by atoms with van der Waals surface area (Å²) in [4.78, 5) is 11.6. The predicted octanol–water partition coefficient (Wildman–Crippen LogP) is 3.94. The van der Waals surface area contributed by atoms with Gasteiger partial charge in [-0.15, -0.1) is 10.2 Å². The van der Waals surface area contributed by atoms with Gasteiger partial charge in [-0.2, -0.15) is 0 Å². The number of nitrogens with one attached hydrogen (secondary N) is 1. The number of rotatable bonds is 1. The number of hydrogen-bond donors (Lipinski definition) is 1. The molecule has 2 aromatic rings. The molecule has 5 nitrogen and oxygen atoms in total. The summed E-state index contributed by atoms with van der Waals surface area (Å²) in [6.07, 6.45) is -0.569. The van der Waals surface area contributed by atoms with E-state index in [0.29, 0.717) is 15.2 Å². The number of aromatic nitrogens is 2. The summed E-state index contributed by atoms with van der Waals surface area (Å²) in [7, 11) is 0. The number of carbonyl (C=O) groups is 1. The molecule has 0 unspecified atom stereocenters. The van der Waals surface area contributed by atoms with Crippen LogP contribution in [-0.2, 0) is 4.74 Å². The van der Waals surface area contributed by atoms with Gasteiger partial charge >= 0.3 is 6.09 Å². The Balaban J connectivity index is 2.00. The van der Waals surface area contributed by atoms with Gasteiger partial charge in [0, 0.05) is 10.6 Å². The zero-order valence-electron chi connectivity index (χ0n) is 12.3. The third kappa shape index (κ3) is 5.35. The molecule has 0 bridgehead atoms. The molecule has 0 aliphatic heterocycles. The first-order chi connectivity index (χ1) is 10.3. The average Bonchev–Trinajstić information content (AvgIpc) is 2.83. The van der Waals surface area contributed by atoms with Gasteiger partial charge in [0.15, 0.2) is 5.01 Å². The molecule has 0 atom stereocenters. The molecular weight excluding hydrogens is 322 g/mol. The molecule has 7 heteroatoms. The van der Waals surface area contributed by atoms with E-state index in [4.69, 9.17) is 16.3 Å². The Bertz CT molecular complexity index is 724. The largest absolute Gasteiger partial charge is 0.444 e. The molecule has 0 saturated heterocycles. The molecule has 114 valence electrons. The molecule has 1 aromatic heterocycles. The Morgan fingerprint density at radius 3 is 2.55 bits per heavy atom. The van der Waals surface area contributed by atoms with E-state index in [-0.39, 0.29) is 0 Å². The minimum atomic E-state index is -0.569. The van der Waals surface area contributed by atoms with Crippen molar-refractivity contribution >= 4 is 34.2 Å². The van der Waals surface area contributed by atoms with E-state index >= 15 is 0 Å². The Morgan fingerprint density at radius 1 is 1.23 bits per heavy atom. The molecule has 0 aliphatic carbocycles. The first-order valence-corrected chi connectivity index (χ1v) is 7.62. The maximum atomic E-state index is 11.6. The Labute approximate surface area is 137 Å². The highest BCUT2D eigenvalue weighted by atomic mass is 35.5. The summed E-state index contributed by atoms with van der Waals surface area (Å²) in [5.41, 5.74) is 0.257. The van der Waals surface area contributed by atoms with Crippen LogP contribution in [0.2, 0.25) is 5.02 Å². The van der Waals surface area contributed by atoms with Gasteiger partial charge in [0.1, 0.15) is 5.60 Å². The smallest absolute Gasteiger partial charge is 0.414 e. The van der Waals surface area contributed by atoms with Crippen molar-refractivity contribution in [1.29, 1.82) is 0 Å². The average molecular weight is 336 g/mol. The normalized spacial score (nSPS) is 10.5. The molecule has 0 spiro atoms. The minimum absolute atomic E-state index is 0.342. The first-order valence-electron chi connectivity index (χ1n) is 6.43. The fourth-order valence-corrected chi connectivity index (χ4v) is 2.08. The lowest BCUT2D eigenvalue weighted by molar-refractivity contribution is 0.0636. The van der Waals surface area contributed by atoms with E-state index in [2.05, 4.69) is 27.4 Å². The van der Waals surface area contributed by atoms with Crippen LogP contribution in [0, 0.1) is 11.8 Å². The summed E-state index contributed by atoms with van der Waals surface area (Å²) in [6.45, 7) is 5.36. The highest BCUT2D eigenvalue weighted by molar-refractivity contribution is 7.15. The maximum absolute atomic E-state index is 11.6. The van der Waals surface area contributed by atoms with Crippen molar-refractivity contribution in [3.8, 4) is 11.8 Å². The first kappa shape index (κ1) is 16.3. The number of hydrogen-bond acceptors (Lipinski definition) is 5. The number of halogens is 1. The molecular formula is C15H14ClN3O2S. The summed E-state index contributed by atoms with van der Waals surface area (Å²) >= 11 is 6.98. The van der Waals surface area contributed by atoms with E-state index in [1.54, 1.807) is 32.9 Å². The second-order valence-corrected chi connectivity index (χ2v) is 6.71. The lowest BCUT2D eigenvalue weighted by atomic mass is 10.2. The van der Waals surface area contributed by atoms with Gasteiger partial charge in [0.25, 0.3) is 0 Å². The monoisotopic (exact) mass is 335 g/mol. The molecule has 0 saturated carbocycles. The Kier molecular flexibility index (Phi) is 5.01. The minimum Gasteiger partial charge on any atom is -0.444 e. The van der Waals surface area contributed by atoms with Crippen molar-refractivity contribution < 1.29 is 9.53 Å². The summed E-state index contributed by atoms with van der Waals surface area (Å²) in [5, 5.41) is 11.8. The Morgan fingerprint density at radius 2 is 1.91 bits per heavy atom. The predicted molar refractivity (Wildman–Crippen MR) is 87.2 cm³/mol. The fourth-order valence-electron chi connectivity index (χ4n) is 1.37. The van der Waals surface area contributed by atoms with E-state index in [0.717, 1.165) is 5.56 Å². The van der Waals surface area contributed by atoms with Crippen LogP contribution in [0.15, 0.2) is 24.3 Å². The highest BCUT2D eigenvalue weighted by Crippen LogP contribution is 2.16. The summed E-state index contributed by atoms with van der Waals surface area (Å²) in [6, 6.07) is 7.16. The third-order valence-electron chi connectivity index (χ3n) is 2.19. The van der Waals surface area contributed by atoms with Gasteiger partial charge in [-0.3, -0.25) is 5.32 Å². The van der Waals surface area contributed by atoms with E-state index in [1.165, 1.54) is 11.3 Å². The molecule has 0 fully saturated rings. The van der Waals surface area contributed by atoms with Crippen molar-refractivity contribution in [3.05, 3.63) is 39.9 Å². The van der Waals surface area contributed by atoms with Crippen LogP contribution in [0.25, 0.3) is 0 Å². The molecule has 0 radical (unpaired) electrons. The van der Waals surface area contributed by atoms with Gasteiger partial charge in [0.05, 0.1) is 0 Å². The number of nitrogens with zero attached hydrogens (tertiary/aromatic N) is 2. The number of carbonyl (C=O) groups excluding carboxylic acids is 1. The van der Waals surface area contributed by atoms with E-state index < -0.39 is 11.7 Å². The van der Waals surface area contributed by atoms with Crippen LogP contribution < -0.4 is 5.32 Å². The van der Waals surface area contributed by atoms with Gasteiger partial charge in [-0.05, 0) is 51.0 Å². The third-order valence-corrected chi connectivity index (χ3v) is 3.20. The van der Waals surface area contributed by atoms with Crippen molar-refractivity contribution in [2.24, 2.45) is 0 Å².